The van der Waals surface area contributed by atoms with Crippen LogP contribution in [0.3, 0.4) is 0 Å². The van der Waals surface area contributed by atoms with Gasteiger partial charge in [0.05, 0.1) is 17.0 Å². The molecule has 8 rings (SSSR count). The standard InChI is InChI=1S/C48H59N5O9S/c1-45(2,3)30-21-19-29(20-22-30)35-26-38(40-39(49-35)33-16-13-14-18-37(33)61-40)60-32-25-36-41(54)51-48(43(56)52-63(58,59)47(7)23-24-47)27-31(48)15-11-9-8-10-12-17-34(42(55)53(36)28-32)50-44(57)62-46(4,5)6/h11,13-16,18-22,26,31-32,34,36H,8-10,12,17,23-25,27-28H2,1-7H3,(H,50,57)(H,51,54)(H,52,56)/b15-11-/t31-,32+,34-,36-,48+/m0/s1. The molecule has 0 bridgehead atoms. The number of aromatic nitrogens is 1. The van der Waals surface area contributed by atoms with Crippen LogP contribution in [0.2, 0.25) is 0 Å². The molecule has 0 radical (unpaired) electrons. The van der Waals surface area contributed by atoms with Gasteiger partial charge in [-0.3, -0.25) is 19.1 Å². The summed E-state index contributed by atoms with van der Waals surface area (Å²) in [4.78, 5) is 63.2. The minimum atomic E-state index is -4.02. The van der Waals surface area contributed by atoms with Crippen molar-refractivity contribution in [2.24, 2.45) is 5.92 Å². The average Bonchev–Trinajstić information content (AvgIpc) is 4.03. The van der Waals surface area contributed by atoms with E-state index >= 15 is 0 Å². The van der Waals surface area contributed by atoms with Gasteiger partial charge in [-0.25, -0.2) is 18.2 Å². The SMILES string of the molecule is CC(C)(C)OC(=O)N[C@H]1CCCCC/C=C\[C@H]2C[C@@]2(C(=O)NS(=O)(=O)C2(C)CC2)NC(=O)[C@@H]2C[C@@H](Oc3cc(-c4ccc(C(C)(C)C)cc4)nc4c3oc3ccccc34)CN2C1=O. The van der Waals surface area contributed by atoms with Gasteiger partial charge in [0, 0.05) is 29.4 Å². The smallest absolute Gasteiger partial charge is 0.408 e. The molecular weight excluding hydrogens is 823 g/mol. The highest BCUT2D eigenvalue weighted by atomic mass is 32.2. The van der Waals surface area contributed by atoms with E-state index < -0.39 is 73.8 Å². The molecule has 4 aliphatic rings. The van der Waals surface area contributed by atoms with Crippen molar-refractivity contribution in [1.82, 2.24) is 25.2 Å². The number of furan rings is 1. The first-order chi connectivity index (χ1) is 29.7. The summed E-state index contributed by atoms with van der Waals surface area (Å²) in [5.74, 6) is -2.02. The number of nitrogens with one attached hydrogen (secondary N) is 3. The normalized spacial score (nSPS) is 25.8. The number of alkyl carbamates (subject to hydrolysis) is 1. The number of fused-ring (bicyclic) bond motifs is 5. The summed E-state index contributed by atoms with van der Waals surface area (Å²) < 4.78 is 46.6. The van der Waals surface area contributed by atoms with E-state index in [1.54, 1.807) is 27.7 Å². The molecule has 2 aromatic carbocycles. The number of hydrogen-bond donors (Lipinski definition) is 3. The summed E-state index contributed by atoms with van der Waals surface area (Å²) in [7, 11) is -4.02. The first-order valence-electron chi connectivity index (χ1n) is 22.1. The van der Waals surface area contributed by atoms with E-state index in [9.17, 15) is 27.6 Å². The molecule has 4 aromatic rings. The van der Waals surface area contributed by atoms with Crippen molar-refractivity contribution in [3.63, 3.8) is 0 Å². The Morgan fingerprint density at radius 1 is 0.984 bits per heavy atom. The summed E-state index contributed by atoms with van der Waals surface area (Å²) in [5.41, 5.74) is 1.86. The monoisotopic (exact) mass is 881 g/mol. The second-order valence-corrected chi connectivity index (χ2v) is 22.2. The average molecular weight is 882 g/mol. The second kappa shape index (κ2) is 16.3. The van der Waals surface area contributed by atoms with Crippen LogP contribution in [0.5, 0.6) is 5.75 Å². The van der Waals surface area contributed by atoms with Crippen LogP contribution in [0.1, 0.15) is 112 Å². The summed E-state index contributed by atoms with van der Waals surface area (Å²) in [5, 5.41) is 6.51. The molecule has 63 heavy (non-hydrogen) atoms. The van der Waals surface area contributed by atoms with Crippen molar-refractivity contribution < 1.29 is 41.5 Å². The van der Waals surface area contributed by atoms with E-state index in [-0.39, 0.29) is 24.8 Å². The van der Waals surface area contributed by atoms with Crippen molar-refractivity contribution >= 4 is 55.9 Å². The fourth-order valence-electron chi connectivity index (χ4n) is 8.60. The van der Waals surface area contributed by atoms with Gasteiger partial charge in [0.15, 0.2) is 11.3 Å². The van der Waals surface area contributed by atoms with Crippen LogP contribution in [0.4, 0.5) is 4.79 Å². The van der Waals surface area contributed by atoms with Gasteiger partial charge >= 0.3 is 6.09 Å². The lowest BCUT2D eigenvalue weighted by molar-refractivity contribution is -0.141. The topological polar surface area (TPSA) is 186 Å². The number of pyridine rings is 1. The van der Waals surface area contributed by atoms with Gasteiger partial charge in [-0.1, -0.05) is 82.2 Å². The molecule has 14 nitrogen and oxygen atoms in total. The lowest BCUT2D eigenvalue weighted by Gasteiger charge is -2.30. The molecule has 3 N–H and O–H groups in total. The van der Waals surface area contributed by atoms with Gasteiger partial charge in [0.25, 0.3) is 5.91 Å². The molecule has 2 aliphatic heterocycles. The molecule has 5 atom stereocenters. The Morgan fingerprint density at radius 3 is 2.41 bits per heavy atom. The highest BCUT2D eigenvalue weighted by Crippen LogP contribution is 2.48. The predicted molar refractivity (Wildman–Crippen MR) is 239 cm³/mol. The number of carbonyl (C=O) groups is 4. The Labute approximate surface area is 369 Å². The van der Waals surface area contributed by atoms with Crippen molar-refractivity contribution in [1.29, 1.82) is 0 Å². The lowest BCUT2D eigenvalue weighted by atomic mass is 9.86. The fraction of sp³-hybridized carbons (Fsp3) is 0.521. The molecule has 0 unspecified atom stereocenters. The maximum absolute atomic E-state index is 14.8. The third-order valence-corrected chi connectivity index (χ3v) is 15.0. The molecule has 2 aromatic heterocycles. The highest BCUT2D eigenvalue weighted by Gasteiger charge is 2.63. The van der Waals surface area contributed by atoms with Crippen LogP contribution < -0.4 is 20.1 Å². The molecule has 3 fully saturated rings. The largest absolute Gasteiger partial charge is 0.484 e. The Bertz CT molecular complexity index is 2590. The number of para-hydroxylation sites is 1. The van der Waals surface area contributed by atoms with Gasteiger partial charge in [-0.2, -0.15) is 0 Å². The van der Waals surface area contributed by atoms with Gasteiger partial charge in [-0.15, -0.1) is 0 Å². The quantitative estimate of drug-likeness (QED) is 0.156. The third kappa shape index (κ3) is 9.16. The summed E-state index contributed by atoms with van der Waals surface area (Å²) >= 11 is 0. The number of amides is 4. The van der Waals surface area contributed by atoms with Crippen molar-refractivity contribution in [2.75, 3.05) is 6.54 Å². The number of ether oxygens (including phenoxy) is 2. The van der Waals surface area contributed by atoms with Gasteiger partial charge in [0.2, 0.25) is 21.8 Å². The Hall–Kier alpha value is -5.44. The van der Waals surface area contributed by atoms with Crippen LogP contribution in [-0.4, -0.2) is 82.7 Å². The molecular formula is C48H59N5O9S. The molecule has 336 valence electrons. The minimum absolute atomic E-state index is 0.0188. The second-order valence-electron chi connectivity index (χ2n) is 20.0. The lowest BCUT2D eigenvalue weighted by Crippen LogP contribution is -2.58. The maximum Gasteiger partial charge on any atom is 0.408 e. The first-order valence-corrected chi connectivity index (χ1v) is 23.6. The molecule has 2 saturated carbocycles. The summed E-state index contributed by atoms with van der Waals surface area (Å²) in [6, 6.07) is 15.4. The summed E-state index contributed by atoms with van der Waals surface area (Å²) in [6.45, 7) is 13.2. The minimum Gasteiger partial charge on any atom is -0.484 e. The van der Waals surface area contributed by atoms with Gasteiger partial charge in [0.1, 0.15) is 40.4 Å². The predicted octanol–water partition coefficient (Wildman–Crippen LogP) is 7.58. The van der Waals surface area contributed by atoms with Crippen molar-refractivity contribution in [3.8, 4) is 17.0 Å². The van der Waals surface area contributed by atoms with E-state index in [2.05, 4.69) is 48.3 Å². The third-order valence-electron chi connectivity index (χ3n) is 12.8. The number of hydrogen-bond acceptors (Lipinski definition) is 10. The molecule has 4 amide bonds. The molecule has 1 saturated heterocycles. The van der Waals surface area contributed by atoms with E-state index in [1.807, 2.05) is 54.6 Å². The Balaban J connectivity index is 1.15. The molecule has 2 aliphatic carbocycles. The molecule has 15 heteroatoms. The van der Waals surface area contributed by atoms with Gasteiger partial charge < -0.3 is 29.4 Å². The van der Waals surface area contributed by atoms with Crippen LogP contribution in [0.15, 0.2) is 71.2 Å². The number of carbonyl (C=O) groups excluding carboxylic acids is 4. The zero-order valence-corrected chi connectivity index (χ0v) is 38.0. The van der Waals surface area contributed by atoms with Crippen LogP contribution in [0, 0.1) is 5.92 Å². The van der Waals surface area contributed by atoms with Crippen molar-refractivity contribution in [2.45, 2.75) is 146 Å². The zero-order valence-electron chi connectivity index (χ0n) is 37.2. The summed E-state index contributed by atoms with van der Waals surface area (Å²) in [6.07, 6.45) is 6.50. The molecule has 4 heterocycles. The number of allylic oxidation sites excluding steroid dienone is 1. The van der Waals surface area contributed by atoms with Gasteiger partial charge in [-0.05, 0) is 89.3 Å². The Morgan fingerprint density at radius 2 is 1.71 bits per heavy atom. The molecule has 0 spiro atoms. The van der Waals surface area contributed by atoms with Crippen LogP contribution >= 0.6 is 0 Å². The number of benzene rings is 2. The van der Waals surface area contributed by atoms with Crippen LogP contribution in [0.25, 0.3) is 33.3 Å². The first kappa shape index (κ1) is 44.2. The van der Waals surface area contributed by atoms with E-state index in [0.29, 0.717) is 60.2 Å². The van der Waals surface area contributed by atoms with Crippen molar-refractivity contribution in [3.05, 3.63) is 72.3 Å². The van der Waals surface area contributed by atoms with E-state index in [0.717, 1.165) is 23.8 Å². The Kier molecular flexibility index (Phi) is 11.4. The number of nitrogens with zero attached hydrogens (tertiary/aromatic N) is 2. The zero-order chi connectivity index (χ0) is 45.1. The van der Waals surface area contributed by atoms with E-state index in [1.165, 1.54) is 10.5 Å². The maximum atomic E-state index is 14.8. The van der Waals surface area contributed by atoms with Crippen LogP contribution in [-0.2, 0) is 34.6 Å². The fourth-order valence-corrected chi connectivity index (χ4v) is 9.92. The highest BCUT2D eigenvalue weighted by molar-refractivity contribution is 7.91. The number of rotatable bonds is 7. The van der Waals surface area contributed by atoms with E-state index in [4.69, 9.17) is 18.9 Å². The number of sulfonamides is 1.